The molecule has 0 spiro atoms. The zero-order valence-corrected chi connectivity index (χ0v) is 9.68. The largest absolute Gasteiger partial charge is 0.464 e. The highest BCUT2D eigenvalue weighted by molar-refractivity contribution is 6.13. The average molecular weight is 233 g/mol. The molecule has 2 heterocycles. The molecule has 4 aromatic rings. The third-order valence-corrected chi connectivity index (χ3v) is 3.32. The lowest BCUT2D eigenvalue weighted by Crippen LogP contribution is -1.76. The van der Waals surface area contributed by atoms with E-state index in [-0.39, 0.29) is 0 Å². The summed E-state index contributed by atoms with van der Waals surface area (Å²) in [6.45, 7) is 0. The van der Waals surface area contributed by atoms with Gasteiger partial charge in [0.05, 0.1) is 6.26 Å². The number of hydrogen-bond acceptors (Lipinski definition) is 1. The summed E-state index contributed by atoms with van der Waals surface area (Å²) >= 11 is 0. The first-order chi connectivity index (χ1) is 8.93. The van der Waals surface area contributed by atoms with Gasteiger partial charge in [0, 0.05) is 27.4 Å². The Kier molecular flexibility index (Phi) is 1.86. The first kappa shape index (κ1) is 9.54. The fourth-order valence-electron chi connectivity index (χ4n) is 2.54. The van der Waals surface area contributed by atoms with Crippen LogP contribution in [-0.4, -0.2) is 4.98 Å². The van der Waals surface area contributed by atoms with Crippen LogP contribution in [0.4, 0.5) is 0 Å². The van der Waals surface area contributed by atoms with Gasteiger partial charge in [-0.15, -0.1) is 0 Å². The predicted octanol–water partition coefficient (Wildman–Crippen LogP) is 4.58. The van der Waals surface area contributed by atoms with Crippen molar-refractivity contribution in [2.24, 2.45) is 0 Å². The van der Waals surface area contributed by atoms with Crippen LogP contribution in [0.3, 0.4) is 0 Å². The number of furan rings is 1. The van der Waals surface area contributed by atoms with Gasteiger partial charge in [-0.05, 0) is 24.3 Å². The number of fused-ring (bicyclic) bond motifs is 3. The molecule has 0 saturated heterocycles. The van der Waals surface area contributed by atoms with E-state index in [1.54, 1.807) is 6.26 Å². The van der Waals surface area contributed by atoms with Crippen LogP contribution in [0, 0.1) is 0 Å². The molecule has 0 unspecified atom stereocenters. The average Bonchev–Trinajstić information content (AvgIpc) is 3.05. The third-order valence-electron chi connectivity index (χ3n) is 3.32. The van der Waals surface area contributed by atoms with Crippen LogP contribution < -0.4 is 0 Å². The maximum Gasteiger partial charge on any atom is 0.134 e. The molecular formula is C16H11NO. The molecule has 0 aliphatic carbocycles. The molecule has 2 aromatic carbocycles. The summed E-state index contributed by atoms with van der Waals surface area (Å²) < 4.78 is 5.53. The molecule has 0 fully saturated rings. The summed E-state index contributed by atoms with van der Waals surface area (Å²) in [6, 6.07) is 18.5. The Balaban J connectivity index is 2.21. The number of aromatic nitrogens is 1. The predicted molar refractivity (Wildman–Crippen MR) is 73.5 cm³/mol. The molecular weight excluding hydrogens is 222 g/mol. The molecule has 86 valence electrons. The van der Waals surface area contributed by atoms with Crippen molar-refractivity contribution in [3.8, 4) is 11.3 Å². The summed E-state index contributed by atoms with van der Waals surface area (Å²) in [4.78, 5) is 3.44. The van der Waals surface area contributed by atoms with E-state index < -0.39 is 0 Å². The second-order valence-electron chi connectivity index (χ2n) is 4.38. The van der Waals surface area contributed by atoms with Gasteiger partial charge < -0.3 is 9.40 Å². The second kappa shape index (κ2) is 3.50. The van der Waals surface area contributed by atoms with E-state index in [1.165, 1.54) is 10.8 Å². The molecule has 0 amide bonds. The molecule has 2 nitrogen and oxygen atoms in total. The summed E-state index contributed by atoms with van der Waals surface area (Å²) in [5, 5.41) is 2.46. The third kappa shape index (κ3) is 1.23. The Labute approximate surface area is 104 Å². The van der Waals surface area contributed by atoms with Crippen LogP contribution in [0.1, 0.15) is 0 Å². The van der Waals surface area contributed by atoms with Crippen molar-refractivity contribution >= 4 is 21.8 Å². The van der Waals surface area contributed by atoms with Crippen LogP contribution in [0.2, 0.25) is 0 Å². The fourth-order valence-corrected chi connectivity index (χ4v) is 2.54. The maximum atomic E-state index is 5.53. The van der Waals surface area contributed by atoms with Crippen molar-refractivity contribution in [1.82, 2.24) is 4.98 Å². The van der Waals surface area contributed by atoms with Gasteiger partial charge in [-0.3, -0.25) is 0 Å². The van der Waals surface area contributed by atoms with E-state index in [1.807, 2.05) is 18.2 Å². The Morgan fingerprint density at radius 3 is 2.56 bits per heavy atom. The minimum atomic E-state index is 0.908. The minimum absolute atomic E-state index is 0.908. The van der Waals surface area contributed by atoms with E-state index in [4.69, 9.17) is 4.42 Å². The van der Waals surface area contributed by atoms with Crippen LogP contribution in [0.25, 0.3) is 33.1 Å². The van der Waals surface area contributed by atoms with Gasteiger partial charge in [0.1, 0.15) is 5.76 Å². The molecule has 0 atom stereocenters. The van der Waals surface area contributed by atoms with Gasteiger partial charge in [-0.2, -0.15) is 0 Å². The summed E-state index contributed by atoms with van der Waals surface area (Å²) in [5.41, 5.74) is 3.44. The van der Waals surface area contributed by atoms with Crippen molar-refractivity contribution in [2.75, 3.05) is 0 Å². The molecule has 0 saturated carbocycles. The van der Waals surface area contributed by atoms with Gasteiger partial charge in [-0.1, -0.05) is 30.3 Å². The number of hydrogen-bond donors (Lipinski definition) is 1. The summed E-state index contributed by atoms with van der Waals surface area (Å²) in [6.07, 6.45) is 1.71. The Morgan fingerprint density at radius 2 is 1.67 bits per heavy atom. The highest BCUT2D eigenvalue weighted by Crippen LogP contribution is 2.34. The molecule has 1 N–H and O–H groups in total. The van der Waals surface area contributed by atoms with Gasteiger partial charge >= 0.3 is 0 Å². The zero-order chi connectivity index (χ0) is 11.9. The topological polar surface area (TPSA) is 28.9 Å². The van der Waals surface area contributed by atoms with Gasteiger partial charge in [0.2, 0.25) is 0 Å². The monoisotopic (exact) mass is 233 g/mol. The van der Waals surface area contributed by atoms with Crippen LogP contribution >= 0.6 is 0 Å². The number of para-hydroxylation sites is 1. The zero-order valence-electron chi connectivity index (χ0n) is 9.68. The number of aromatic amines is 1. The molecule has 0 radical (unpaired) electrons. The SMILES string of the molecule is c1coc(-c2cccc3[nH]c4ccccc4c23)c1. The molecule has 0 aliphatic heterocycles. The molecule has 0 bridgehead atoms. The lowest BCUT2D eigenvalue weighted by atomic mass is 10.0. The van der Waals surface area contributed by atoms with Crippen LogP contribution in [-0.2, 0) is 0 Å². The maximum absolute atomic E-state index is 5.53. The van der Waals surface area contributed by atoms with E-state index in [0.717, 1.165) is 22.4 Å². The molecule has 18 heavy (non-hydrogen) atoms. The highest BCUT2D eigenvalue weighted by atomic mass is 16.3. The first-order valence-electron chi connectivity index (χ1n) is 5.97. The summed E-state index contributed by atoms with van der Waals surface area (Å²) in [5.74, 6) is 0.908. The number of rotatable bonds is 1. The second-order valence-corrected chi connectivity index (χ2v) is 4.38. The van der Waals surface area contributed by atoms with Crippen molar-refractivity contribution in [3.05, 3.63) is 60.9 Å². The first-order valence-corrected chi connectivity index (χ1v) is 5.97. The van der Waals surface area contributed by atoms with E-state index >= 15 is 0 Å². The molecule has 2 heteroatoms. The Hall–Kier alpha value is -2.48. The lowest BCUT2D eigenvalue weighted by molar-refractivity contribution is 0.583. The lowest BCUT2D eigenvalue weighted by Gasteiger charge is -2.00. The van der Waals surface area contributed by atoms with Gasteiger partial charge in [0.15, 0.2) is 0 Å². The summed E-state index contributed by atoms with van der Waals surface area (Å²) in [7, 11) is 0. The van der Waals surface area contributed by atoms with Crippen LogP contribution in [0.5, 0.6) is 0 Å². The van der Waals surface area contributed by atoms with Crippen LogP contribution in [0.15, 0.2) is 65.3 Å². The fraction of sp³-hybridized carbons (Fsp3) is 0. The Bertz CT molecular complexity index is 825. The molecule has 0 aliphatic rings. The standard InChI is InChI=1S/C16H11NO/c1-2-7-13-11(5-1)16-12(15-9-4-10-18-15)6-3-8-14(16)17-13/h1-10,17H. The minimum Gasteiger partial charge on any atom is -0.464 e. The number of benzene rings is 2. The number of H-pyrrole nitrogens is 1. The number of nitrogens with one attached hydrogen (secondary N) is 1. The smallest absolute Gasteiger partial charge is 0.134 e. The highest BCUT2D eigenvalue weighted by Gasteiger charge is 2.10. The van der Waals surface area contributed by atoms with E-state index in [2.05, 4.69) is 41.4 Å². The van der Waals surface area contributed by atoms with Gasteiger partial charge in [0.25, 0.3) is 0 Å². The van der Waals surface area contributed by atoms with E-state index in [0.29, 0.717) is 0 Å². The Morgan fingerprint density at radius 1 is 0.778 bits per heavy atom. The molecule has 2 aromatic heterocycles. The van der Waals surface area contributed by atoms with Crippen molar-refractivity contribution in [3.63, 3.8) is 0 Å². The van der Waals surface area contributed by atoms with Crippen molar-refractivity contribution < 1.29 is 4.42 Å². The normalized spacial score (nSPS) is 11.3. The quantitative estimate of drug-likeness (QED) is 0.512. The van der Waals surface area contributed by atoms with Crippen molar-refractivity contribution in [1.29, 1.82) is 0 Å². The van der Waals surface area contributed by atoms with Gasteiger partial charge in [-0.25, -0.2) is 0 Å². The molecule has 4 rings (SSSR count). The van der Waals surface area contributed by atoms with Crippen molar-refractivity contribution in [2.45, 2.75) is 0 Å². The van der Waals surface area contributed by atoms with E-state index in [9.17, 15) is 0 Å².